The first kappa shape index (κ1) is 14.8. The Kier molecular flexibility index (Phi) is 5.81. The van der Waals surface area contributed by atoms with Gasteiger partial charge in [-0.3, -0.25) is 4.90 Å². The van der Waals surface area contributed by atoms with Crippen LogP contribution < -0.4 is 5.73 Å². The van der Waals surface area contributed by atoms with Crippen LogP contribution in [0.25, 0.3) is 0 Å². The van der Waals surface area contributed by atoms with Crippen molar-refractivity contribution in [2.24, 2.45) is 5.73 Å². The van der Waals surface area contributed by atoms with Crippen molar-refractivity contribution in [1.82, 2.24) is 9.21 Å². The maximum Gasteiger partial charge on any atom is 0.213 e. The SMILES string of the molecule is CCS(=O)(=O)N1CCN(CC(O)CCN)CC1. The third-order valence-corrected chi connectivity index (χ3v) is 4.94. The molecule has 0 amide bonds. The van der Waals surface area contributed by atoms with Crippen LogP contribution >= 0.6 is 0 Å². The van der Waals surface area contributed by atoms with Gasteiger partial charge in [0.15, 0.2) is 0 Å². The lowest BCUT2D eigenvalue weighted by Crippen LogP contribution is -2.50. The molecule has 3 N–H and O–H groups in total. The van der Waals surface area contributed by atoms with Gasteiger partial charge in [-0.05, 0) is 19.9 Å². The molecule has 0 spiro atoms. The van der Waals surface area contributed by atoms with E-state index in [-0.39, 0.29) is 5.75 Å². The molecule has 1 aliphatic rings. The molecule has 1 heterocycles. The molecule has 1 atom stereocenters. The summed E-state index contributed by atoms with van der Waals surface area (Å²) in [5.41, 5.74) is 5.37. The average Bonchev–Trinajstić information content (AvgIpc) is 2.30. The van der Waals surface area contributed by atoms with E-state index in [1.54, 1.807) is 6.92 Å². The van der Waals surface area contributed by atoms with Gasteiger partial charge in [-0.15, -0.1) is 0 Å². The van der Waals surface area contributed by atoms with Gasteiger partial charge in [-0.1, -0.05) is 0 Å². The molecule has 1 fully saturated rings. The summed E-state index contributed by atoms with van der Waals surface area (Å²) in [6.07, 6.45) is 0.183. The molecule has 0 bridgehead atoms. The second-order valence-electron chi connectivity index (χ2n) is 4.33. The van der Waals surface area contributed by atoms with E-state index in [0.29, 0.717) is 45.7 Å². The van der Waals surface area contributed by atoms with Gasteiger partial charge in [0.05, 0.1) is 11.9 Å². The zero-order valence-corrected chi connectivity index (χ0v) is 11.2. The first-order chi connectivity index (χ1) is 7.99. The van der Waals surface area contributed by atoms with E-state index in [4.69, 9.17) is 5.73 Å². The first-order valence-electron chi connectivity index (χ1n) is 6.08. The van der Waals surface area contributed by atoms with Crippen molar-refractivity contribution in [2.75, 3.05) is 45.0 Å². The van der Waals surface area contributed by atoms with Gasteiger partial charge in [0.2, 0.25) is 10.0 Å². The Morgan fingerprint density at radius 3 is 2.35 bits per heavy atom. The van der Waals surface area contributed by atoms with E-state index < -0.39 is 16.1 Å². The van der Waals surface area contributed by atoms with Gasteiger partial charge in [0, 0.05) is 32.7 Å². The number of rotatable bonds is 6. The van der Waals surface area contributed by atoms with E-state index in [1.165, 1.54) is 4.31 Å². The molecule has 1 rings (SSSR count). The minimum Gasteiger partial charge on any atom is -0.392 e. The largest absolute Gasteiger partial charge is 0.392 e. The van der Waals surface area contributed by atoms with Crippen molar-refractivity contribution >= 4 is 10.0 Å². The molecule has 1 aliphatic heterocycles. The van der Waals surface area contributed by atoms with E-state index in [9.17, 15) is 13.5 Å². The van der Waals surface area contributed by atoms with Crippen molar-refractivity contribution < 1.29 is 13.5 Å². The number of nitrogens with two attached hydrogens (primary N) is 1. The summed E-state index contributed by atoms with van der Waals surface area (Å²) in [6, 6.07) is 0. The number of β-amino-alcohol motifs (C(OH)–C–C–N with tert-alkyl or cyclic N) is 1. The lowest BCUT2D eigenvalue weighted by molar-refractivity contribution is 0.0881. The van der Waals surface area contributed by atoms with E-state index in [2.05, 4.69) is 4.90 Å². The zero-order chi connectivity index (χ0) is 12.9. The summed E-state index contributed by atoms with van der Waals surface area (Å²) in [6.45, 7) is 5.12. The van der Waals surface area contributed by atoms with Crippen molar-refractivity contribution in [1.29, 1.82) is 0 Å². The fourth-order valence-corrected chi connectivity index (χ4v) is 3.04. The molecule has 0 aliphatic carbocycles. The van der Waals surface area contributed by atoms with Gasteiger partial charge in [-0.2, -0.15) is 4.31 Å². The third-order valence-electron chi connectivity index (χ3n) is 3.06. The fraction of sp³-hybridized carbons (Fsp3) is 1.00. The van der Waals surface area contributed by atoms with Crippen molar-refractivity contribution in [3.63, 3.8) is 0 Å². The van der Waals surface area contributed by atoms with Gasteiger partial charge >= 0.3 is 0 Å². The van der Waals surface area contributed by atoms with Crippen molar-refractivity contribution in [2.45, 2.75) is 19.4 Å². The van der Waals surface area contributed by atoms with E-state index in [1.807, 2.05) is 0 Å². The van der Waals surface area contributed by atoms with Crippen LogP contribution in [0, 0.1) is 0 Å². The molecular formula is C10H23N3O3S. The predicted octanol–water partition coefficient (Wildman–Crippen LogP) is -1.34. The number of piperazine rings is 1. The Morgan fingerprint density at radius 2 is 1.88 bits per heavy atom. The molecular weight excluding hydrogens is 242 g/mol. The molecule has 0 saturated carbocycles. The van der Waals surface area contributed by atoms with Gasteiger partial charge in [0.25, 0.3) is 0 Å². The summed E-state index contributed by atoms with van der Waals surface area (Å²) in [4.78, 5) is 2.09. The molecule has 17 heavy (non-hydrogen) atoms. The second-order valence-corrected chi connectivity index (χ2v) is 6.59. The number of nitrogens with zero attached hydrogens (tertiary/aromatic N) is 2. The number of aliphatic hydroxyl groups excluding tert-OH is 1. The molecule has 1 unspecified atom stereocenters. The number of sulfonamides is 1. The molecule has 102 valence electrons. The Balaban J connectivity index is 2.36. The molecule has 0 radical (unpaired) electrons. The fourth-order valence-electron chi connectivity index (χ4n) is 1.95. The van der Waals surface area contributed by atoms with Gasteiger partial charge < -0.3 is 10.8 Å². The van der Waals surface area contributed by atoms with Crippen LogP contribution in [0.3, 0.4) is 0 Å². The highest BCUT2D eigenvalue weighted by Gasteiger charge is 2.25. The van der Waals surface area contributed by atoms with Gasteiger partial charge in [0.1, 0.15) is 0 Å². The third kappa shape index (κ3) is 4.51. The standard InChI is InChI=1S/C10H23N3O3S/c1-2-17(15,16)13-7-5-12(6-8-13)9-10(14)3-4-11/h10,14H,2-9,11H2,1H3. The second kappa shape index (κ2) is 6.65. The topological polar surface area (TPSA) is 86.9 Å². The molecule has 7 heteroatoms. The van der Waals surface area contributed by atoms with E-state index in [0.717, 1.165) is 0 Å². The number of hydrogen-bond donors (Lipinski definition) is 2. The molecule has 6 nitrogen and oxygen atoms in total. The lowest BCUT2D eigenvalue weighted by Gasteiger charge is -2.34. The zero-order valence-electron chi connectivity index (χ0n) is 10.4. The Morgan fingerprint density at radius 1 is 1.29 bits per heavy atom. The van der Waals surface area contributed by atoms with Crippen LogP contribution in [0.2, 0.25) is 0 Å². The van der Waals surface area contributed by atoms with Crippen molar-refractivity contribution in [3.8, 4) is 0 Å². The lowest BCUT2D eigenvalue weighted by atomic mass is 10.2. The minimum absolute atomic E-state index is 0.156. The Labute approximate surface area is 103 Å². The maximum atomic E-state index is 11.6. The van der Waals surface area contributed by atoms with Crippen LogP contribution in [0.4, 0.5) is 0 Å². The Bertz CT molecular complexity index is 313. The molecule has 0 aromatic rings. The number of hydrogen-bond acceptors (Lipinski definition) is 5. The van der Waals surface area contributed by atoms with Crippen LogP contribution in [0.5, 0.6) is 0 Å². The highest BCUT2D eigenvalue weighted by atomic mass is 32.2. The summed E-state index contributed by atoms with van der Waals surface area (Å²) in [5.74, 6) is 0.156. The molecule has 1 saturated heterocycles. The number of aliphatic hydroxyl groups is 1. The maximum absolute atomic E-state index is 11.6. The van der Waals surface area contributed by atoms with Crippen LogP contribution in [0.15, 0.2) is 0 Å². The van der Waals surface area contributed by atoms with Crippen LogP contribution in [-0.4, -0.2) is 73.9 Å². The van der Waals surface area contributed by atoms with Crippen LogP contribution in [-0.2, 0) is 10.0 Å². The van der Waals surface area contributed by atoms with E-state index >= 15 is 0 Å². The Hall–Kier alpha value is -0.210. The minimum atomic E-state index is -3.06. The normalized spacial score (nSPS) is 21.6. The van der Waals surface area contributed by atoms with Crippen LogP contribution in [0.1, 0.15) is 13.3 Å². The summed E-state index contributed by atoms with van der Waals surface area (Å²) in [5, 5.41) is 9.62. The first-order valence-corrected chi connectivity index (χ1v) is 7.68. The molecule has 0 aromatic heterocycles. The molecule has 0 aromatic carbocycles. The smallest absolute Gasteiger partial charge is 0.213 e. The highest BCUT2D eigenvalue weighted by molar-refractivity contribution is 7.89. The summed E-state index contributed by atoms with van der Waals surface area (Å²) < 4.78 is 24.8. The monoisotopic (exact) mass is 265 g/mol. The summed E-state index contributed by atoms with van der Waals surface area (Å²) in [7, 11) is -3.06. The summed E-state index contributed by atoms with van der Waals surface area (Å²) >= 11 is 0. The predicted molar refractivity (Wildman–Crippen MR) is 67.2 cm³/mol. The van der Waals surface area contributed by atoms with Crippen molar-refractivity contribution in [3.05, 3.63) is 0 Å². The average molecular weight is 265 g/mol. The quantitative estimate of drug-likeness (QED) is 0.621. The van der Waals surface area contributed by atoms with Gasteiger partial charge in [-0.25, -0.2) is 8.42 Å². The highest BCUT2D eigenvalue weighted by Crippen LogP contribution is 2.08.